The molecule has 0 aliphatic carbocycles. The fourth-order valence-corrected chi connectivity index (χ4v) is 4.95. The Morgan fingerprint density at radius 2 is 1.43 bits per heavy atom. The Morgan fingerprint density at radius 1 is 0.833 bits per heavy atom. The van der Waals surface area contributed by atoms with E-state index in [9.17, 15) is 13.2 Å². The van der Waals surface area contributed by atoms with Gasteiger partial charge in [-0.15, -0.1) is 0 Å². The van der Waals surface area contributed by atoms with Crippen LogP contribution in [0.2, 0.25) is 0 Å². The average molecular weight is 592 g/mol. The number of hydrogen-bond donors (Lipinski definition) is 2. The molecule has 0 unspecified atom stereocenters. The van der Waals surface area contributed by atoms with Gasteiger partial charge in [-0.25, -0.2) is 23.2 Å². The molecule has 11 heteroatoms. The van der Waals surface area contributed by atoms with Crippen molar-refractivity contribution in [2.24, 2.45) is 0 Å². The number of anilines is 1. The zero-order valence-corrected chi connectivity index (χ0v) is 24.6. The van der Waals surface area contributed by atoms with Crippen LogP contribution >= 0.6 is 0 Å². The summed E-state index contributed by atoms with van der Waals surface area (Å²) in [6.45, 7) is 7.97. The molecule has 10 nitrogen and oxygen atoms in total. The van der Waals surface area contributed by atoms with Gasteiger partial charge in [-0.05, 0) is 59.9 Å². The van der Waals surface area contributed by atoms with E-state index in [0.717, 1.165) is 11.1 Å². The minimum Gasteiger partial charge on any atom is -0.490 e. The Balaban J connectivity index is 1.51. The van der Waals surface area contributed by atoms with E-state index in [1.165, 1.54) is 6.33 Å². The minimum atomic E-state index is -3.97. The van der Waals surface area contributed by atoms with E-state index in [-0.39, 0.29) is 35.2 Å². The van der Waals surface area contributed by atoms with Crippen LogP contribution in [0.15, 0.2) is 84.0 Å². The van der Waals surface area contributed by atoms with Gasteiger partial charge in [0.05, 0.1) is 10.5 Å². The van der Waals surface area contributed by atoms with Crippen molar-refractivity contribution in [3.05, 3.63) is 90.3 Å². The quantitative estimate of drug-likeness (QED) is 0.205. The first-order valence-electron chi connectivity index (χ1n) is 13.2. The first-order chi connectivity index (χ1) is 19.9. The van der Waals surface area contributed by atoms with E-state index in [0.29, 0.717) is 22.6 Å². The molecule has 0 spiro atoms. The van der Waals surface area contributed by atoms with Crippen molar-refractivity contribution in [2.75, 3.05) is 24.5 Å². The molecule has 0 bridgehead atoms. The fraction of sp³-hybridized carbons (Fsp3) is 0.258. The normalized spacial score (nSPS) is 11.5. The largest absolute Gasteiger partial charge is 0.490 e. The number of hydrogen-bond acceptors (Lipinski definition) is 8. The smallest absolute Gasteiger partial charge is 0.341 e. The van der Waals surface area contributed by atoms with Crippen molar-refractivity contribution in [3.63, 3.8) is 0 Å². The van der Waals surface area contributed by atoms with Gasteiger partial charge in [-0.1, -0.05) is 62.7 Å². The number of carbonyl (C=O) groups is 1. The van der Waals surface area contributed by atoms with Crippen molar-refractivity contribution in [1.29, 1.82) is 0 Å². The Kier molecular flexibility index (Phi) is 9.31. The van der Waals surface area contributed by atoms with Gasteiger partial charge in [0.2, 0.25) is 5.88 Å². The summed E-state index contributed by atoms with van der Waals surface area (Å²) in [7, 11) is -3.97. The number of nitrogens with one attached hydrogen (secondary N) is 1. The number of rotatable bonds is 12. The third kappa shape index (κ3) is 7.97. The molecule has 0 saturated carbocycles. The zero-order valence-electron chi connectivity index (χ0n) is 23.8. The van der Waals surface area contributed by atoms with Gasteiger partial charge in [0.15, 0.2) is 12.4 Å². The number of benzene rings is 3. The van der Waals surface area contributed by atoms with Crippen molar-refractivity contribution < 1.29 is 32.5 Å². The monoisotopic (exact) mass is 591 g/mol. The number of ether oxygens (including phenoxy) is 3. The van der Waals surface area contributed by atoms with Gasteiger partial charge in [0.1, 0.15) is 31.0 Å². The molecule has 0 aliphatic rings. The Hall–Kier alpha value is -4.64. The molecule has 220 valence electrons. The molecule has 2 N–H and O–H groups in total. The molecule has 1 aromatic heterocycles. The molecule has 1 heterocycles. The van der Waals surface area contributed by atoms with E-state index in [1.54, 1.807) is 48.5 Å². The fourth-order valence-electron chi connectivity index (χ4n) is 3.93. The van der Waals surface area contributed by atoms with Gasteiger partial charge in [-0.2, -0.15) is 0 Å². The molecule has 42 heavy (non-hydrogen) atoms. The first-order valence-corrected chi connectivity index (χ1v) is 14.7. The second kappa shape index (κ2) is 12.9. The molecule has 0 saturated heterocycles. The summed E-state index contributed by atoms with van der Waals surface area (Å²) in [6.07, 6.45) is 1.24. The van der Waals surface area contributed by atoms with Gasteiger partial charge in [0, 0.05) is 0 Å². The molecule has 0 aliphatic heterocycles. The summed E-state index contributed by atoms with van der Waals surface area (Å²) in [5.41, 5.74) is 3.01. The molecular formula is C31H33N3O7S. The van der Waals surface area contributed by atoms with Crippen molar-refractivity contribution in [3.8, 4) is 28.5 Å². The molecule has 4 rings (SSSR count). The highest BCUT2D eigenvalue weighted by Gasteiger charge is 2.22. The van der Waals surface area contributed by atoms with Crippen LogP contribution in [0.25, 0.3) is 11.1 Å². The van der Waals surface area contributed by atoms with Crippen molar-refractivity contribution in [2.45, 2.75) is 38.0 Å². The number of carboxylic acid groups (broad SMARTS) is 1. The highest BCUT2D eigenvalue weighted by Crippen LogP contribution is 2.35. The van der Waals surface area contributed by atoms with Gasteiger partial charge >= 0.3 is 5.97 Å². The van der Waals surface area contributed by atoms with E-state index in [1.807, 2.05) is 31.2 Å². The lowest BCUT2D eigenvalue weighted by molar-refractivity contribution is -0.139. The van der Waals surface area contributed by atoms with E-state index < -0.39 is 22.6 Å². The molecule has 3 aromatic carbocycles. The maximum atomic E-state index is 13.4. The highest BCUT2D eigenvalue weighted by molar-refractivity contribution is 7.92. The summed E-state index contributed by atoms with van der Waals surface area (Å²) < 4.78 is 46.1. The maximum Gasteiger partial charge on any atom is 0.341 e. The second-order valence-corrected chi connectivity index (χ2v) is 12.2. The van der Waals surface area contributed by atoms with Crippen molar-refractivity contribution in [1.82, 2.24) is 9.97 Å². The van der Waals surface area contributed by atoms with E-state index in [2.05, 4.69) is 35.5 Å². The minimum absolute atomic E-state index is 0.0848. The summed E-state index contributed by atoms with van der Waals surface area (Å²) in [6, 6.07) is 20.8. The highest BCUT2D eigenvalue weighted by atomic mass is 32.2. The molecular weight excluding hydrogens is 558 g/mol. The van der Waals surface area contributed by atoms with Crippen molar-refractivity contribution >= 4 is 21.8 Å². The lowest BCUT2D eigenvalue weighted by Gasteiger charge is -2.19. The van der Waals surface area contributed by atoms with Gasteiger partial charge in [0.25, 0.3) is 10.0 Å². The first kappa shape index (κ1) is 30.3. The van der Waals surface area contributed by atoms with Crippen LogP contribution in [0.3, 0.4) is 0 Å². The lowest BCUT2D eigenvalue weighted by atomic mass is 9.87. The molecule has 0 radical (unpaired) electrons. The molecule has 0 fully saturated rings. The zero-order chi connectivity index (χ0) is 30.3. The molecule has 0 atom stereocenters. The number of aliphatic carboxylic acids is 1. The number of aromatic nitrogens is 2. The van der Waals surface area contributed by atoms with Crippen LogP contribution < -0.4 is 18.9 Å². The van der Waals surface area contributed by atoms with Crippen LogP contribution in [0.4, 0.5) is 5.82 Å². The Morgan fingerprint density at radius 3 is 2.02 bits per heavy atom. The van der Waals surface area contributed by atoms with Crippen LogP contribution in [0.1, 0.15) is 31.9 Å². The number of nitrogens with zero attached hydrogens (tertiary/aromatic N) is 2. The SMILES string of the molecule is Cc1ccc(-c2c(NS(=O)(=O)c3ccc(C(C)(C)C)cc3)ncnc2OCCOc2ccc(OCC(=O)O)cc2)cc1. The lowest BCUT2D eigenvalue weighted by Crippen LogP contribution is -2.17. The summed E-state index contributed by atoms with van der Waals surface area (Å²) >= 11 is 0. The summed E-state index contributed by atoms with van der Waals surface area (Å²) in [4.78, 5) is 19.3. The standard InChI is InChI=1S/C31H33N3O7S/c1-21-5-7-22(8-6-21)28-29(34-42(37,38)26-15-9-23(10-16-26)31(2,3)4)32-20-33-30(28)40-18-17-39-24-11-13-25(14-12-24)41-19-27(35)36/h5-16,20H,17-19H2,1-4H3,(H,35,36)(H,32,33,34). The topological polar surface area (TPSA) is 137 Å². The van der Waals surface area contributed by atoms with Gasteiger partial charge < -0.3 is 19.3 Å². The summed E-state index contributed by atoms with van der Waals surface area (Å²) in [5.74, 6) is 0.156. The number of aryl methyl sites for hydroxylation is 1. The predicted octanol–water partition coefficient (Wildman–Crippen LogP) is 5.47. The second-order valence-electron chi connectivity index (χ2n) is 10.5. The third-order valence-corrected chi connectivity index (χ3v) is 7.55. The van der Waals surface area contributed by atoms with Crippen LogP contribution in [0, 0.1) is 6.92 Å². The summed E-state index contributed by atoms with van der Waals surface area (Å²) in [5, 5.41) is 8.72. The van der Waals surface area contributed by atoms with Crippen LogP contribution in [-0.4, -0.2) is 49.3 Å². The number of carboxylic acids is 1. The van der Waals surface area contributed by atoms with Crippen LogP contribution in [0.5, 0.6) is 17.4 Å². The van der Waals surface area contributed by atoms with E-state index >= 15 is 0 Å². The van der Waals surface area contributed by atoms with Crippen LogP contribution in [-0.2, 0) is 20.2 Å². The predicted molar refractivity (Wildman–Crippen MR) is 159 cm³/mol. The van der Waals surface area contributed by atoms with E-state index in [4.69, 9.17) is 19.3 Å². The molecule has 0 amide bonds. The molecule has 4 aromatic rings. The number of sulfonamides is 1. The third-order valence-electron chi connectivity index (χ3n) is 6.19. The Bertz CT molecular complexity index is 1620. The van der Waals surface area contributed by atoms with Gasteiger partial charge in [-0.3, -0.25) is 4.72 Å². The average Bonchev–Trinajstić information content (AvgIpc) is 2.95. The maximum absolute atomic E-state index is 13.4. The Labute approximate surface area is 245 Å².